The zero-order valence-corrected chi connectivity index (χ0v) is 7.76. The summed E-state index contributed by atoms with van der Waals surface area (Å²) in [5, 5.41) is 12.7. The molecule has 3 heteroatoms. The molecule has 1 aromatic heterocycles. The molecule has 2 atom stereocenters. The van der Waals surface area contributed by atoms with E-state index in [0.29, 0.717) is 5.92 Å². The molecule has 1 N–H and O–H groups in total. The number of nitrogens with zero attached hydrogens (tertiary/aromatic N) is 1. The Hall–Kier alpha value is -0.410. The highest BCUT2D eigenvalue weighted by Crippen LogP contribution is 2.28. The van der Waals surface area contributed by atoms with E-state index in [1.807, 2.05) is 11.6 Å². The van der Waals surface area contributed by atoms with Gasteiger partial charge in [-0.3, -0.25) is 0 Å². The SMILES string of the molecule is O[C@@H]1CCC[C@H]1Cc1nccs1. The minimum atomic E-state index is -0.0751. The average molecular weight is 183 g/mol. The van der Waals surface area contributed by atoms with E-state index in [-0.39, 0.29) is 6.10 Å². The molecule has 0 saturated heterocycles. The van der Waals surface area contributed by atoms with Gasteiger partial charge in [0.05, 0.1) is 11.1 Å². The van der Waals surface area contributed by atoms with E-state index >= 15 is 0 Å². The summed E-state index contributed by atoms with van der Waals surface area (Å²) in [4.78, 5) is 4.22. The van der Waals surface area contributed by atoms with Crippen molar-refractivity contribution in [2.75, 3.05) is 0 Å². The van der Waals surface area contributed by atoms with Gasteiger partial charge in [0.2, 0.25) is 0 Å². The van der Waals surface area contributed by atoms with E-state index in [1.165, 1.54) is 17.8 Å². The van der Waals surface area contributed by atoms with E-state index in [4.69, 9.17) is 0 Å². The summed E-state index contributed by atoms with van der Waals surface area (Å²) < 4.78 is 0. The van der Waals surface area contributed by atoms with Crippen molar-refractivity contribution in [3.05, 3.63) is 16.6 Å². The van der Waals surface area contributed by atoms with Crippen molar-refractivity contribution < 1.29 is 5.11 Å². The normalized spacial score (nSPS) is 29.4. The van der Waals surface area contributed by atoms with Crippen LogP contribution in [0.4, 0.5) is 0 Å². The predicted octanol–water partition coefficient (Wildman–Crippen LogP) is 1.85. The smallest absolute Gasteiger partial charge is 0.0928 e. The van der Waals surface area contributed by atoms with E-state index in [1.54, 1.807) is 11.3 Å². The van der Waals surface area contributed by atoms with Crippen LogP contribution in [0.1, 0.15) is 24.3 Å². The van der Waals surface area contributed by atoms with Gasteiger partial charge >= 0.3 is 0 Å². The van der Waals surface area contributed by atoms with Gasteiger partial charge in [-0.05, 0) is 18.8 Å². The fraction of sp³-hybridized carbons (Fsp3) is 0.667. The van der Waals surface area contributed by atoms with Crippen LogP contribution < -0.4 is 0 Å². The highest BCUT2D eigenvalue weighted by atomic mass is 32.1. The van der Waals surface area contributed by atoms with Crippen LogP contribution in [0.15, 0.2) is 11.6 Å². The number of hydrogen-bond acceptors (Lipinski definition) is 3. The Morgan fingerprint density at radius 1 is 1.58 bits per heavy atom. The van der Waals surface area contributed by atoms with Gasteiger partial charge in [-0.2, -0.15) is 0 Å². The van der Waals surface area contributed by atoms with Crippen molar-refractivity contribution in [2.45, 2.75) is 31.8 Å². The van der Waals surface area contributed by atoms with Gasteiger partial charge in [-0.1, -0.05) is 6.42 Å². The minimum absolute atomic E-state index is 0.0751. The fourth-order valence-electron chi connectivity index (χ4n) is 1.83. The first-order chi connectivity index (χ1) is 5.86. The van der Waals surface area contributed by atoms with Gasteiger partial charge in [-0.15, -0.1) is 11.3 Å². The lowest BCUT2D eigenvalue weighted by molar-refractivity contribution is 0.132. The summed E-state index contributed by atoms with van der Waals surface area (Å²) in [6.45, 7) is 0. The van der Waals surface area contributed by atoms with Crippen molar-refractivity contribution in [3.63, 3.8) is 0 Å². The van der Waals surface area contributed by atoms with Crippen molar-refractivity contribution in [1.82, 2.24) is 4.98 Å². The third-order valence-electron chi connectivity index (χ3n) is 2.54. The summed E-state index contributed by atoms with van der Waals surface area (Å²) in [5.41, 5.74) is 0. The third kappa shape index (κ3) is 1.67. The molecule has 1 aromatic rings. The molecule has 0 unspecified atom stereocenters. The van der Waals surface area contributed by atoms with Crippen LogP contribution in [-0.4, -0.2) is 16.2 Å². The monoisotopic (exact) mass is 183 g/mol. The number of hydrogen-bond donors (Lipinski definition) is 1. The van der Waals surface area contributed by atoms with E-state index in [9.17, 15) is 5.11 Å². The maximum Gasteiger partial charge on any atom is 0.0928 e. The van der Waals surface area contributed by atoms with Crippen LogP contribution in [0, 0.1) is 5.92 Å². The highest BCUT2D eigenvalue weighted by molar-refractivity contribution is 7.09. The first kappa shape index (κ1) is 8.20. The highest BCUT2D eigenvalue weighted by Gasteiger charge is 2.25. The molecule has 0 aliphatic heterocycles. The van der Waals surface area contributed by atoms with E-state index < -0.39 is 0 Å². The molecule has 1 aliphatic rings. The predicted molar refractivity (Wildman–Crippen MR) is 49.2 cm³/mol. The quantitative estimate of drug-likeness (QED) is 0.759. The summed E-state index contributed by atoms with van der Waals surface area (Å²) in [6.07, 6.45) is 6.06. The number of thiazole rings is 1. The zero-order chi connectivity index (χ0) is 8.39. The van der Waals surface area contributed by atoms with E-state index in [2.05, 4.69) is 4.98 Å². The molecule has 2 nitrogen and oxygen atoms in total. The Morgan fingerprint density at radius 2 is 2.50 bits per heavy atom. The second kappa shape index (κ2) is 3.54. The van der Waals surface area contributed by atoms with Crippen molar-refractivity contribution in [2.24, 2.45) is 5.92 Å². The van der Waals surface area contributed by atoms with Crippen LogP contribution in [-0.2, 0) is 6.42 Å². The Balaban J connectivity index is 1.95. The molecule has 12 heavy (non-hydrogen) atoms. The molecule has 0 aromatic carbocycles. The zero-order valence-electron chi connectivity index (χ0n) is 6.94. The molecule has 1 aliphatic carbocycles. The average Bonchev–Trinajstić information content (AvgIpc) is 2.65. The lowest BCUT2D eigenvalue weighted by Crippen LogP contribution is -2.15. The van der Waals surface area contributed by atoms with Crippen LogP contribution in [0.2, 0.25) is 0 Å². The lowest BCUT2D eigenvalue weighted by atomic mass is 10.0. The van der Waals surface area contributed by atoms with Gasteiger partial charge in [0.15, 0.2) is 0 Å². The minimum Gasteiger partial charge on any atom is -0.393 e. The largest absolute Gasteiger partial charge is 0.393 e. The van der Waals surface area contributed by atoms with Crippen molar-refractivity contribution in [1.29, 1.82) is 0 Å². The Kier molecular flexibility index (Phi) is 2.42. The summed E-state index contributed by atoms with van der Waals surface area (Å²) in [5.74, 6) is 0.469. The summed E-state index contributed by atoms with van der Waals surface area (Å²) in [6, 6.07) is 0. The van der Waals surface area contributed by atoms with Crippen LogP contribution in [0.5, 0.6) is 0 Å². The molecular formula is C9H13NOS. The third-order valence-corrected chi connectivity index (χ3v) is 3.34. The summed E-state index contributed by atoms with van der Waals surface area (Å²) >= 11 is 1.69. The number of aliphatic hydroxyl groups is 1. The van der Waals surface area contributed by atoms with Crippen molar-refractivity contribution in [3.8, 4) is 0 Å². The number of aliphatic hydroxyl groups excluding tert-OH is 1. The second-order valence-electron chi connectivity index (χ2n) is 3.39. The maximum atomic E-state index is 9.56. The standard InChI is InChI=1S/C9H13NOS/c11-8-3-1-2-7(8)6-9-10-4-5-12-9/h4-5,7-8,11H,1-3,6H2/t7-,8+/m0/s1. The van der Waals surface area contributed by atoms with Gasteiger partial charge in [-0.25, -0.2) is 4.98 Å². The topological polar surface area (TPSA) is 33.1 Å². The molecule has 2 rings (SSSR count). The molecule has 0 spiro atoms. The van der Waals surface area contributed by atoms with Crippen molar-refractivity contribution >= 4 is 11.3 Å². The molecule has 0 bridgehead atoms. The molecule has 1 heterocycles. The molecular weight excluding hydrogens is 170 g/mol. The Labute approximate surface area is 76.3 Å². The van der Waals surface area contributed by atoms with Crippen LogP contribution in [0.3, 0.4) is 0 Å². The van der Waals surface area contributed by atoms with Gasteiger partial charge in [0.25, 0.3) is 0 Å². The molecule has 1 fully saturated rings. The maximum absolute atomic E-state index is 9.56. The van der Waals surface area contributed by atoms with Crippen LogP contribution >= 0.6 is 11.3 Å². The lowest BCUT2D eigenvalue weighted by Gasteiger charge is -2.11. The van der Waals surface area contributed by atoms with Crippen LogP contribution in [0.25, 0.3) is 0 Å². The Bertz CT molecular complexity index is 235. The van der Waals surface area contributed by atoms with Gasteiger partial charge in [0, 0.05) is 18.0 Å². The first-order valence-corrected chi connectivity index (χ1v) is 5.30. The number of rotatable bonds is 2. The Morgan fingerprint density at radius 3 is 3.08 bits per heavy atom. The second-order valence-corrected chi connectivity index (χ2v) is 4.37. The molecule has 0 amide bonds. The summed E-state index contributed by atoms with van der Waals surface area (Å²) in [7, 11) is 0. The molecule has 0 radical (unpaired) electrons. The molecule has 1 saturated carbocycles. The number of aromatic nitrogens is 1. The van der Waals surface area contributed by atoms with E-state index in [0.717, 1.165) is 12.8 Å². The van der Waals surface area contributed by atoms with Gasteiger partial charge < -0.3 is 5.11 Å². The first-order valence-electron chi connectivity index (χ1n) is 4.42. The fourth-order valence-corrected chi connectivity index (χ4v) is 2.54. The van der Waals surface area contributed by atoms with Gasteiger partial charge in [0.1, 0.15) is 0 Å². The molecule has 66 valence electrons.